The summed E-state index contributed by atoms with van der Waals surface area (Å²) in [5.74, 6) is -0.0122. The van der Waals surface area contributed by atoms with Crippen LogP contribution in [0.5, 0.6) is 5.75 Å². The summed E-state index contributed by atoms with van der Waals surface area (Å²) in [7, 11) is 0. The fourth-order valence-corrected chi connectivity index (χ4v) is 3.82. The number of rotatable bonds is 5. The first-order chi connectivity index (χ1) is 15.9. The lowest BCUT2D eigenvalue weighted by Gasteiger charge is -2.12. The third kappa shape index (κ3) is 3.92. The van der Waals surface area contributed by atoms with Crippen LogP contribution in [0.25, 0.3) is 33.3 Å². The molecular formula is C27H19ClO5. The third-order valence-electron chi connectivity index (χ3n) is 5.49. The molecule has 0 radical (unpaired) electrons. The molecule has 0 amide bonds. The maximum atomic E-state index is 13.4. The maximum Gasteiger partial charge on any atom is 0.235 e. The number of hydrogen-bond acceptors (Lipinski definition) is 5. The topological polar surface area (TPSA) is 69.7 Å². The van der Waals surface area contributed by atoms with Crippen LogP contribution < -0.4 is 10.2 Å². The van der Waals surface area contributed by atoms with Crippen molar-refractivity contribution >= 4 is 39.3 Å². The van der Waals surface area contributed by atoms with Gasteiger partial charge in [-0.1, -0.05) is 59.6 Å². The molecule has 6 heteroatoms. The van der Waals surface area contributed by atoms with Crippen molar-refractivity contribution in [3.8, 4) is 17.1 Å². The Morgan fingerprint density at radius 1 is 0.939 bits per heavy atom. The number of Topliss-reactive ketones (excluding diaryl/α,β-unsaturated/α-hetero) is 1. The summed E-state index contributed by atoms with van der Waals surface area (Å²) in [5, 5.41) is 1.55. The van der Waals surface area contributed by atoms with Crippen molar-refractivity contribution in [1.29, 1.82) is 0 Å². The quantitative estimate of drug-likeness (QED) is 0.273. The summed E-state index contributed by atoms with van der Waals surface area (Å²) in [6, 6.07) is 19.8. The molecule has 5 rings (SSSR count). The molecule has 0 aliphatic heterocycles. The first kappa shape index (κ1) is 21.0. The molecule has 3 aromatic carbocycles. The number of hydrogen-bond donors (Lipinski definition) is 0. The van der Waals surface area contributed by atoms with E-state index in [1.807, 2.05) is 56.3 Å². The van der Waals surface area contributed by atoms with E-state index in [9.17, 15) is 9.59 Å². The van der Waals surface area contributed by atoms with Crippen molar-refractivity contribution in [2.24, 2.45) is 0 Å². The Morgan fingerprint density at radius 3 is 2.45 bits per heavy atom. The second kappa shape index (κ2) is 8.26. The van der Waals surface area contributed by atoms with Gasteiger partial charge in [0.1, 0.15) is 11.2 Å². The molecule has 2 aromatic heterocycles. The molecule has 0 spiro atoms. The predicted octanol–water partition coefficient (Wildman–Crippen LogP) is 6.74. The van der Waals surface area contributed by atoms with Gasteiger partial charge in [-0.2, -0.15) is 0 Å². The van der Waals surface area contributed by atoms with Crippen molar-refractivity contribution in [3.05, 3.63) is 98.9 Å². The van der Waals surface area contributed by atoms with Crippen LogP contribution in [-0.2, 0) is 0 Å². The Labute approximate surface area is 194 Å². The van der Waals surface area contributed by atoms with Crippen molar-refractivity contribution in [2.45, 2.75) is 13.8 Å². The summed E-state index contributed by atoms with van der Waals surface area (Å²) in [4.78, 5) is 26.1. The minimum Gasteiger partial charge on any atom is -0.478 e. The summed E-state index contributed by atoms with van der Waals surface area (Å²) in [6.07, 6.45) is 0. The molecule has 0 aliphatic rings. The Bertz CT molecular complexity index is 1540. The van der Waals surface area contributed by atoms with Crippen LogP contribution in [0.15, 0.2) is 80.4 Å². The zero-order valence-corrected chi connectivity index (χ0v) is 18.7. The summed E-state index contributed by atoms with van der Waals surface area (Å²) in [6.45, 7) is 3.42. The number of carbonyl (C=O) groups is 1. The molecule has 0 saturated carbocycles. The summed E-state index contributed by atoms with van der Waals surface area (Å²) in [5.41, 5.74) is 3.12. The van der Waals surface area contributed by atoms with Gasteiger partial charge in [-0.15, -0.1) is 0 Å². The first-order valence-electron chi connectivity index (χ1n) is 10.4. The van der Waals surface area contributed by atoms with E-state index in [-0.39, 0.29) is 35.0 Å². The largest absolute Gasteiger partial charge is 0.478 e. The molecule has 164 valence electrons. The SMILES string of the molecule is Cc1ccc(-c2oc3cc(C)c(Cl)cc3c(=O)c2OCC(=O)c2cc3ccccc3o2)cc1. The van der Waals surface area contributed by atoms with Crippen LogP contribution in [0.2, 0.25) is 5.02 Å². The average molecular weight is 459 g/mol. The minimum atomic E-state index is -0.397. The first-order valence-corrected chi connectivity index (χ1v) is 10.8. The van der Waals surface area contributed by atoms with Gasteiger partial charge >= 0.3 is 0 Å². The highest BCUT2D eigenvalue weighted by atomic mass is 35.5. The van der Waals surface area contributed by atoms with Crippen LogP contribution in [0.1, 0.15) is 21.7 Å². The fourth-order valence-electron chi connectivity index (χ4n) is 3.65. The van der Waals surface area contributed by atoms with Crippen molar-refractivity contribution < 1.29 is 18.4 Å². The van der Waals surface area contributed by atoms with E-state index in [1.54, 1.807) is 24.3 Å². The molecule has 5 aromatic rings. The molecular weight excluding hydrogens is 440 g/mol. The van der Waals surface area contributed by atoms with Crippen LogP contribution in [0, 0.1) is 13.8 Å². The van der Waals surface area contributed by atoms with E-state index >= 15 is 0 Å². The number of carbonyl (C=O) groups excluding carboxylic acids is 1. The van der Waals surface area contributed by atoms with Crippen molar-refractivity contribution in [1.82, 2.24) is 0 Å². The minimum absolute atomic E-state index is 0.0456. The van der Waals surface area contributed by atoms with E-state index in [4.69, 9.17) is 25.2 Å². The number of halogens is 1. The van der Waals surface area contributed by atoms with Gasteiger partial charge < -0.3 is 13.6 Å². The van der Waals surface area contributed by atoms with Crippen LogP contribution >= 0.6 is 11.6 Å². The van der Waals surface area contributed by atoms with E-state index in [2.05, 4.69) is 0 Å². The Kier molecular flexibility index (Phi) is 5.27. The van der Waals surface area contributed by atoms with Crippen LogP contribution in [-0.4, -0.2) is 12.4 Å². The zero-order chi connectivity index (χ0) is 23.1. The van der Waals surface area contributed by atoms with Gasteiger partial charge in [0.2, 0.25) is 17.0 Å². The smallest absolute Gasteiger partial charge is 0.235 e. The van der Waals surface area contributed by atoms with Gasteiger partial charge in [0.25, 0.3) is 0 Å². The summed E-state index contributed by atoms with van der Waals surface area (Å²) < 4.78 is 17.5. The maximum absolute atomic E-state index is 13.4. The van der Waals surface area contributed by atoms with Gasteiger partial charge in [-0.3, -0.25) is 9.59 Å². The number of ether oxygens (including phenoxy) is 1. The molecule has 0 aliphatic carbocycles. The average Bonchev–Trinajstić information content (AvgIpc) is 3.25. The second-order valence-corrected chi connectivity index (χ2v) is 8.32. The molecule has 2 heterocycles. The van der Waals surface area contributed by atoms with Gasteiger partial charge in [0.15, 0.2) is 18.1 Å². The highest BCUT2D eigenvalue weighted by Crippen LogP contribution is 2.33. The molecule has 5 nitrogen and oxygen atoms in total. The fraction of sp³-hybridized carbons (Fsp3) is 0.111. The lowest BCUT2D eigenvalue weighted by molar-refractivity contribution is 0.0894. The van der Waals surface area contributed by atoms with E-state index in [1.165, 1.54) is 0 Å². The molecule has 0 unspecified atom stereocenters. The number of para-hydroxylation sites is 1. The van der Waals surface area contributed by atoms with E-state index in [0.717, 1.165) is 16.5 Å². The lowest BCUT2D eigenvalue weighted by Crippen LogP contribution is -2.16. The van der Waals surface area contributed by atoms with Crippen LogP contribution in [0.4, 0.5) is 0 Å². The monoisotopic (exact) mass is 458 g/mol. The lowest BCUT2D eigenvalue weighted by atomic mass is 10.1. The Balaban J connectivity index is 1.57. The van der Waals surface area contributed by atoms with Crippen LogP contribution in [0.3, 0.4) is 0 Å². The second-order valence-electron chi connectivity index (χ2n) is 7.91. The molecule has 0 fully saturated rings. The molecule has 33 heavy (non-hydrogen) atoms. The molecule has 0 bridgehead atoms. The van der Waals surface area contributed by atoms with Gasteiger partial charge in [-0.25, -0.2) is 0 Å². The number of ketones is 1. The molecule has 0 N–H and O–H groups in total. The Morgan fingerprint density at radius 2 is 1.70 bits per heavy atom. The van der Waals surface area contributed by atoms with E-state index < -0.39 is 5.43 Å². The Hall–Kier alpha value is -3.83. The normalized spacial score (nSPS) is 11.2. The molecule has 0 saturated heterocycles. The van der Waals surface area contributed by atoms with Gasteiger partial charge in [-0.05, 0) is 43.7 Å². The van der Waals surface area contributed by atoms with Gasteiger partial charge in [0, 0.05) is 16.0 Å². The standard InChI is InChI=1S/C27H19ClO5/c1-15-7-9-17(10-8-15)26-27(25(30)19-13-20(28)16(2)11-23(19)33-26)31-14-21(29)24-12-18-5-3-4-6-22(18)32-24/h3-13H,14H2,1-2H3. The number of aryl methyl sites for hydroxylation is 2. The third-order valence-corrected chi connectivity index (χ3v) is 5.90. The van der Waals surface area contributed by atoms with Crippen molar-refractivity contribution in [3.63, 3.8) is 0 Å². The van der Waals surface area contributed by atoms with Crippen molar-refractivity contribution in [2.75, 3.05) is 6.61 Å². The number of furan rings is 1. The number of fused-ring (bicyclic) bond motifs is 2. The highest BCUT2D eigenvalue weighted by Gasteiger charge is 2.21. The zero-order valence-electron chi connectivity index (χ0n) is 18.0. The predicted molar refractivity (Wildman–Crippen MR) is 128 cm³/mol. The number of benzene rings is 3. The highest BCUT2D eigenvalue weighted by molar-refractivity contribution is 6.32. The van der Waals surface area contributed by atoms with E-state index in [0.29, 0.717) is 21.8 Å². The summed E-state index contributed by atoms with van der Waals surface area (Å²) >= 11 is 6.24. The van der Waals surface area contributed by atoms with Gasteiger partial charge in [0.05, 0.1) is 5.39 Å². The molecule has 0 atom stereocenters.